The Morgan fingerprint density at radius 3 is 2.65 bits per heavy atom. The number of hydrogen-bond donors (Lipinski definition) is 1. The number of thiocarbonyl (C=S) groups is 1. The van der Waals surface area contributed by atoms with E-state index in [4.69, 9.17) is 18.0 Å². The van der Waals surface area contributed by atoms with Crippen LogP contribution in [0.25, 0.3) is 0 Å². The van der Waals surface area contributed by atoms with Crippen LogP contribution < -0.4 is 5.73 Å². The van der Waals surface area contributed by atoms with Crippen LogP contribution in [0.3, 0.4) is 0 Å². The molecule has 0 heterocycles. The maximum Gasteiger partial charge on any atom is 0.133 e. The van der Waals surface area contributed by atoms with E-state index in [0.29, 0.717) is 11.6 Å². The summed E-state index contributed by atoms with van der Waals surface area (Å²) in [7, 11) is 0. The molecular formula is C16H23FN2S. The number of rotatable bonds is 5. The Morgan fingerprint density at radius 2 is 2.05 bits per heavy atom. The molecule has 1 aliphatic rings. The van der Waals surface area contributed by atoms with E-state index in [1.807, 2.05) is 6.07 Å². The summed E-state index contributed by atoms with van der Waals surface area (Å²) in [6.45, 7) is 4.05. The highest BCUT2D eigenvalue weighted by Crippen LogP contribution is 2.24. The minimum Gasteiger partial charge on any atom is -0.389 e. The topological polar surface area (TPSA) is 29.3 Å². The third kappa shape index (κ3) is 3.76. The summed E-state index contributed by atoms with van der Waals surface area (Å²) in [5.41, 5.74) is 7.01. The predicted molar refractivity (Wildman–Crippen MR) is 85.2 cm³/mol. The van der Waals surface area contributed by atoms with Crippen molar-refractivity contribution in [3.63, 3.8) is 0 Å². The smallest absolute Gasteiger partial charge is 0.133 e. The molecule has 0 spiro atoms. The summed E-state index contributed by atoms with van der Waals surface area (Å²) < 4.78 is 13.6. The van der Waals surface area contributed by atoms with E-state index in [0.717, 1.165) is 18.7 Å². The van der Waals surface area contributed by atoms with E-state index in [1.165, 1.54) is 38.2 Å². The molecule has 0 bridgehead atoms. The normalized spacial score (nSPS) is 16.6. The summed E-state index contributed by atoms with van der Waals surface area (Å²) >= 11 is 4.90. The van der Waals surface area contributed by atoms with E-state index < -0.39 is 0 Å². The first-order valence-corrected chi connectivity index (χ1v) is 7.85. The lowest BCUT2D eigenvalue weighted by atomic mass is 9.94. The van der Waals surface area contributed by atoms with Crippen molar-refractivity contribution in [2.75, 3.05) is 6.54 Å². The van der Waals surface area contributed by atoms with Crippen LogP contribution in [-0.2, 0) is 6.54 Å². The zero-order chi connectivity index (χ0) is 14.5. The highest BCUT2D eigenvalue weighted by Gasteiger charge is 2.20. The van der Waals surface area contributed by atoms with Crippen molar-refractivity contribution in [2.45, 2.75) is 51.6 Å². The zero-order valence-electron chi connectivity index (χ0n) is 12.1. The Kier molecular flexibility index (Phi) is 5.49. The lowest BCUT2D eigenvalue weighted by molar-refractivity contribution is 0.156. The van der Waals surface area contributed by atoms with Gasteiger partial charge in [0.25, 0.3) is 0 Å². The van der Waals surface area contributed by atoms with Gasteiger partial charge in [-0.2, -0.15) is 0 Å². The van der Waals surface area contributed by atoms with Crippen molar-refractivity contribution in [1.82, 2.24) is 4.90 Å². The summed E-state index contributed by atoms with van der Waals surface area (Å²) in [6.07, 6.45) is 6.55. The molecule has 110 valence electrons. The van der Waals surface area contributed by atoms with E-state index in [9.17, 15) is 4.39 Å². The molecule has 1 aliphatic carbocycles. The fourth-order valence-corrected chi connectivity index (χ4v) is 3.20. The number of nitrogens with zero attached hydrogens (tertiary/aromatic N) is 1. The Bertz CT molecular complexity index is 470. The number of halogens is 1. The minimum absolute atomic E-state index is 0.130. The van der Waals surface area contributed by atoms with Gasteiger partial charge < -0.3 is 5.73 Å². The highest BCUT2D eigenvalue weighted by atomic mass is 32.1. The molecule has 0 amide bonds. The largest absolute Gasteiger partial charge is 0.389 e. The maximum absolute atomic E-state index is 13.6. The van der Waals surface area contributed by atoms with Crippen LogP contribution in [-0.4, -0.2) is 22.5 Å². The van der Waals surface area contributed by atoms with Crippen molar-refractivity contribution < 1.29 is 4.39 Å². The SMILES string of the molecule is CCN(Cc1ccc(F)c(C(N)=S)c1)C1CCCCC1. The van der Waals surface area contributed by atoms with E-state index in [-0.39, 0.29) is 10.8 Å². The first-order valence-electron chi connectivity index (χ1n) is 7.44. The molecule has 1 aromatic rings. The Hall–Kier alpha value is -1.00. The first kappa shape index (κ1) is 15.4. The molecule has 0 unspecified atom stereocenters. The molecule has 4 heteroatoms. The van der Waals surface area contributed by atoms with Crippen molar-refractivity contribution in [2.24, 2.45) is 5.73 Å². The summed E-state index contributed by atoms with van der Waals surface area (Å²) in [6, 6.07) is 5.76. The van der Waals surface area contributed by atoms with Gasteiger partial charge in [-0.1, -0.05) is 44.5 Å². The molecule has 2 nitrogen and oxygen atoms in total. The van der Waals surface area contributed by atoms with Gasteiger partial charge in [0.05, 0.1) is 0 Å². The van der Waals surface area contributed by atoms with Gasteiger partial charge >= 0.3 is 0 Å². The van der Waals surface area contributed by atoms with E-state index in [1.54, 1.807) is 6.07 Å². The van der Waals surface area contributed by atoms with Gasteiger partial charge in [-0.3, -0.25) is 4.90 Å². The average molecular weight is 294 g/mol. The Morgan fingerprint density at radius 1 is 1.35 bits per heavy atom. The molecule has 2 N–H and O–H groups in total. The number of nitrogens with two attached hydrogens (primary N) is 1. The first-order chi connectivity index (χ1) is 9.61. The molecule has 0 aliphatic heterocycles. The van der Waals surface area contributed by atoms with Gasteiger partial charge in [-0.25, -0.2) is 4.39 Å². The van der Waals surface area contributed by atoms with Gasteiger partial charge in [-0.05, 0) is 37.1 Å². The molecule has 1 fully saturated rings. The van der Waals surface area contributed by atoms with Gasteiger partial charge in [0, 0.05) is 18.2 Å². The standard InChI is InChI=1S/C16H23FN2S/c1-2-19(13-6-4-3-5-7-13)11-12-8-9-15(17)14(10-12)16(18)20/h8-10,13H,2-7,11H2,1H3,(H2,18,20). The van der Waals surface area contributed by atoms with Gasteiger partial charge in [-0.15, -0.1) is 0 Å². The average Bonchev–Trinajstić information content (AvgIpc) is 2.47. The molecule has 1 saturated carbocycles. The second-order valence-corrected chi connectivity index (χ2v) is 5.97. The van der Waals surface area contributed by atoms with Crippen molar-refractivity contribution in [1.29, 1.82) is 0 Å². The molecular weight excluding hydrogens is 271 g/mol. The molecule has 1 aromatic carbocycles. The third-order valence-corrected chi connectivity index (χ3v) is 4.40. The van der Waals surface area contributed by atoms with Crippen LogP contribution in [0.1, 0.15) is 50.2 Å². The quantitative estimate of drug-likeness (QED) is 0.841. The van der Waals surface area contributed by atoms with E-state index in [2.05, 4.69) is 11.8 Å². The maximum atomic E-state index is 13.6. The molecule has 20 heavy (non-hydrogen) atoms. The van der Waals surface area contributed by atoms with Crippen LogP contribution in [0.2, 0.25) is 0 Å². The number of hydrogen-bond acceptors (Lipinski definition) is 2. The Labute approximate surface area is 126 Å². The predicted octanol–water partition coefficient (Wildman–Crippen LogP) is 3.61. The number of benzene rings is 1. The van der Waals surface area contributed by atoms with Crippen LogP contribution in [0, 0.1) is 5.82 Å². The molecule has 0 radical (unpaired) electrons. The molecule has 2 rings (SSSR count). The fourth-order valence-electron chi connectivity index (χ4n) is 3.04. The second-order valence-electron chi connectivity index (χ2n) is 5.53. The molecule has 0 saturated heterocycles. The lowest BCUT2D eigenvalue weighted by Crippen LogP contribution is -2.36. The van der Waals surface area contributed by atoms with Gasteiger partial charge in [0.15, 0.2) is 0 Å². The van der Waals surface area contributed by atoms with Crippen LogP contribution in [0.15, 0.2) is 18.2 Å². The summed E-state index contributed by atoms with van der Waals surface area (Å²) in [5, 5.41) is 0. The van der Waals surface area contributed by atoms with Crippen molar-refractivity contribution in [3.05, 3.63) is 35.1 Å². The van der Waals surface area contributed by atoms with E-state index >= 15 is 0 Å². The summed E-state index contributed by atoms with van der Waals surface area (Å²) in [5.74, 6) is -0.332. The highest BCUT2D eigenvalue weighted by molar-refractivity contribution is 7.80. The third-order valence-electron chi connectivity index (χ3n) is 4.18. The summed E-state index contributed by atoms with van der Waals surface area (Å²) in [4.78, 5) is 2.61. The van der Waals surface area contributed by atoms with Gasteiger partial charge in [0.2, 0.25) is 0 Å². The van der Waals surface area contributed by atoms with Gasteiger partial charge in [0.1, 0.15) is 10.8 Å². The zero-order valence-corrected chi connectivity index (χ0v) is 12.9. The Balaban J connectivity index is 2.10. The van der Waals surface area contributed by atoms with Crippen LogP contribution in [0.5, 0.6) is 0 Å². The van der Waals surface area contributed by atoms with Crippen LogP contribution >= 0.6 is 12.2 Å². The molecule has 0 atom stereocenters. The van der Waals surface area contributed by atoms with Crippen LogP contribution in [0.4, 0.5) is 4.39 Å². The monoisotopic (exact) mass is 294 g/mol. The molecule has 0 aromatic heterocycles. The second kappa shape index (κ2) is 7.14. The van der Waals surface area contributed by atoms with Crippen molar-refractivity contribution in [3.8, 4) is 0 Å². The lowest BCUT2D eigenvalue weighted by Gasteiger charge is -2.33. The minimum atomic E-state index is -0.332. The van der Waals surface area contributed by atoms with Crippen molar-refractivity contribution >= 4 is 17.2 Å². The fraction of sp³-hybridized carbons (Fsp3) is 0.562.